The third kappa shape index (κ3) is 2.71. The lowest BCUT2D eigenvalue weighted by Crippen LogP contribution is -2.12. The van der Waals surface area contributed by atoms with Crippen molar-refractivity contribution in [1.82, 2.24) is 0 Å². The zero-order valence-electron chi connectivity index (χ0n) is 9.59. The van der Waals surface area contributed by atoms with E-state index in [4.69, 9.17) is 11.6 Å². The van der Waals surface area contributed by atoms with E-state index < -0.39 is 11.7 Å². The van der Waals surface area contributed by atoms with Crippen LogP contribution in [0, 0.1) is 0 Å². The highest BCUT2D eigenvalue weighted by Crippen LogP contribution is 2.30. The van der Waals surface area contributed by atoms with Crippen molar-refractivity contribution in [2.75, 3.05) is 5.32 Å². The monoisotopic (exact) mass is 279 g/mol. The summed E-state index contributed by atoms with van der Waals surface area (Å²) in [5.74, 6) is -1.54. The van der Waals surface area contributed by atoms with Crippen LogP contribution in [0.4, 0.5) is 5.69 Å². The lowest BCUT2D eigenvalue weighted by molar-refractivity contribution is 0.102. The van der Waals surface area contributed by atoms with Gasteiger partial charge in [-0.25, -0.2) is 0 Å². The van der Waals surface area contributed by atoms with Gasteiger partial charge in [0, 0.05) is 6.07 Å². The molecular weight excluding hydrogens is 270 g/mol. The number of phenolic OH excluding ortho intramolecular Hbond substituents is 3. The number of rotatable bonds is 2. The zero-order valence-corrected chi connectivity index (χ0v) is 10.3. The summed E-state index contributed by atoms with van der Waals surface area (Å²) in [5.41, 5.74) is 0.205. The first kappa shape index (κ1) is 13.0. The lowest BCUT2D eigenvalue weighted by Gasteiger charge is -2.09. The minimum atomic E-state index is -0.624. The van der Waals surface area contributed by atoms with Gasteiger partial charge in [0.25, 0.3) is 5.91 Å². The summed E-state index contributed by atoms with van der Waals surface area (Å²) in [7, 11) is 0. The SMILES string of the molecule is O=C(Nc1ccc(O)cc1Cl)c1cccc(O)c1O. The normalized spacial score (nSPS) is 10.2. The van der Waals surface area contributed by atoms with Crippen LogP contribution in [0.25, 0.3) is 0 Å². The molecule has 2 rings (SSSR count). The molecule has 0 spiro atoms. The molecule has 0 aliphatic carbocycles. The Kier molecular flexibility index (Phi) is 3.48. The molecule has 0 aliphatic heterocycles. The second-order valence-corrected chi connectivity index (χ2v) is 4.20. The maximum Gasteiger partial charge on any atom is 0.259 e. The van der Waals surface area contributed by atoms with Crippen LogP contribution in [0.1, 0.15) is 10.4 Å². The van der Waals surface area contributed by atoms with Gasteiger partial charge < -0.3 is 20.6 Å². The average molecular weight is 280 g/mol. The highest BCUT2D eigenvalue weighted by molar-refractivity contribution is 6.34. The van der Waals surface area contributed by atoms with Gasteiger partial charge in [-0.15, -0.1) is 0 Å². The summed E-state index contributed by atoms with van der Waals surface area (Å²) >= 11 is 5.85. The molecule has 4 N–H and O–H groups in total. The average Bonchev–Trinajstić information content (AvgIpc) is 2.36. The van der Waals surface area contributed by atoms with Crippen LogP contribution in [0.5, 0.6) is 17.2 Å². The van der Waals surface area contributed by atoms with Gasteiger partial charge in [-0.1, -0.05) is 17.7 Å². The minimum absolute atomic E-state index is 0.0248. The first-order valence-electron chi connectivity index (χ1n) is 5.30. The Morgan fingerprint density at radius 1 is 1.11 bits per heavy atom. The lowest BCUT2D eigenvalue weighted by atomic mass is 10.1. The fourth-order valence-electron chi connectivity index (χ4n) is 1.51. The van der Waals surface area contributed by atoms with E-state index in [2.05, 4.69) is 5.32 Å². The molecule has 0 saturated heterocycles. The van der Waals surface area contributed by atoms with E-state index in [1.165, 1.54) is 36.4 Å². The fraction of sp³-hybridized carbons (Fsp3) is 0. The van der Waals surface area contributed by atoms with E-state index in [0.717, 1.165) is 0 Å². The van der Waals surface area contributed by atoms with Crippen molar-refractivity contribution in [3.63, 3.8) is 0 Å². The van der Waals surface area contributed by atoms with Crippen molar-refractivity contribution in [3.8, 4) is 17.2 Å². The maximum absolute atomic E-state index is 11.9. The summed E-state index contributed by atoms with van der Waals surface area (Å²) in [6.45, 7) is 0. The number of benzene rings is 2. The minimum Gasteiger partial charge on any atom is -0.508 e. The Morgan fingerprint density at radius 3 is 2.53 bits per heavy atom. The first-order valence-corrected chi connectivity index (χ1v) is 5.67. The van der Waals surface area contributed by atoms with E-state index in [1.807, 2.05) is 0 Å². The molecule has 5 nitrogen and oxygen atoms in total. The third-order valence-electron chi connectivity index (χ3n) is 2.46. The van der Waals surface area contributed by atoms with Gasteiger partial charge in [-0.3, -0.25) is 4.79 Å². The van der Waals surface area contributed by atoms with Crippen LogP contribution in [0.2, 0.25) is 5.02 Å². The molecule has 6 heteroatoms. The van der Waals surface area contributed by atoms with Gasteiger partial charge in [-0.2, -0.15) is 0 Å². The van der Waals surface area contributed by atoms with Crippen molar-refractivity contribution < 1.29 is 20.1 Å². The van der Waals surface area contributed by atoms with Gasteiger partial charge in [0.15, 0.2) is 11.5 Å². The van der Waals surface area contributed by atoms with Crippen LogP contribution in [0.3, 0.4) is 0 Å². The smallest absolute Gasteiger partial charge is 0.259 e. The summed E-state index contributed by atoms with van der Waals surface area (Å²) in [6.07, 6.45) is 0. The summed E-state index contributed by atoms with van der Waals surface area (Å²) in [4.78, 5) is 11.9. The number of phenols is 3. The van der Waals surface area contributed by atoms with E-state index >= 15 is 0 Å². The van der Waals surface area contributed by atoms with Crippen LogP contribution in [-0.2, 0) is 0 Å². The molecule has 0 heterocycles. The van der Waals surface area contributed by atoms with E-state index in [0.29, 0.717) is 0 Å². The number of hydrogen-bond acceptors (Lipinski definition) is 4. The first-order chi connectivity index (χ1) is 8.99. The van der Waals surface area contributed by atoms with Gasteiger partial charge in [0.2, 0.25) is 0 Å². The molecule has 0 aromatic heterocycles. The number of amides is 1. The fourth-order valence-corrected chi connectivity index (χ4v) is 1.73. The summed E-state index contributed by atoms with van der Waals surface area (Å²) in [5, 5.41) is 30.7. The van der Waals surface area contributed by atoms with Gasteiger partial charge in [0.05, 0.1) is 16.3 Å². The van der Waals surface area contributed by atoms with Crippen molar-refractivity contribution in [2.45, 2.75) is 0 Å². The Labute approximate surface area is 113 Å². The van der Waals surface area contributed by atoms with Crippen LogP contribution >= 0.6 is 11.6 Å². The van der Waals surface area contributed by atoms with Crippen LogP contribution in [0.15, 0.2) is 36.4 Å². The molecule has 1 amide bonds. The highest BCUT2D eigenvalue weighted by atomic mass is 35.5. The Hall–Kier alpha value is -2.40. The van der Waals surface area contributed by atoms with E-state index in [-0.39, 0.29) is 27.8 Å². The maximum atomic E-state index is 11.9. The number of hydrogen-bond donors (Lipinski definition) is 4. The largest absolute Gasteiger partial charge is 0.508 e. The molecule has 0 saturated carbocycles. The Bertz CT molecular complexity index is 643. The van der Waals surface area contributed by atoms with Crippen molar-refractivity contribution in [3.05, 3.63) is 47.0 Å². The molecule has 0 atom stereocenters. The molecular formula is C13H10ClNO4. The van der Waals surface area contributed by atoms with Crippen molar-refractivity contribution in [2.24, 2.45) is 0 Å². The molecule has 0 bridgehead atoms. The number of halogens is 1. The molecule has 98 valence electrons. The Balaban J connectivity index is 2.28. The van der Waals surface area contributed by atoms with Crippen LogP contribution in [-0.4, -0.2) is 21.2 Å². The molecule has 2 aromatic carbocycles. The topological polar surface area (TPSA) is 89.8 Å². The predicted octanol–water partition coefficient (Wildman–Crippen LogP) is 2.71. The van der Waals surface area contributed by atoms with Gasteiger partial charge in [0.1, 0.15) is 5.75 Å². The summed E-state index contributed by atoms with van der Waals surface area (Å²) in [6, 6.07) is 8.12. The van der Waals surface area contributed by atoms with Gasteiger partial charge in [-0.05, 0) is 24.3 Å². The van der Waals surface area contributed by atoms with Crippen molar-refractivity contribution in [1.29, 1.82) is 0 Å². The highest BCUT2D eigenvalue weighted by Gasteiger charge is 2.15. The number of anilines is 1. The number of nitrogens with one attached hydrogen (secondary N) is 1. The predicted molar refractivity (Wildman–Crippen MR) is 70.8 cm³/mol. The van der Waals surface area contributed by atoms with E-state index in [9.17, 15) is 20.1 Å². The molecule has 0 unspecified atom stereocenters. The number of carbonyl (C=O) groups is 1. The molecule has 2 aromatic rings. The second-order valence-electron chi connectivity index (χ2n) is 3.79. The second kappa shape index (κ2) is 5.07. The Morgan fingerprint density at radius 2 is 1.84 bits per heavy atom. The van der Waals surface area contributed by atoms with Gasteiger partial charge >= 0.3 is 0 Å². The third-order valence-corrected chi connectivity index (χ3v) is 2.77. The molecule has 0 aliphatic rings. The quantitative estimate of drug-likeness (QED) is 0.502. The molecule has 0 radical (unpaired) electrons. The molecule has 0 fully saturated rings. The number of aromatic hydroxyl groups is 3. The summed E-state index contributed by atoms with van der Waals surface area (Å²) < 4.78 is 0. The standard InChI is InChI=1S/C13H10ClNO4/c14-9-6-7(16)4-5-10(9)15-13(19)8-2-1-3-11(17)12(8)18/h1-6,16-18H,(H,15,19). The zero-order chi connectivity index (χ0) is 14.0. The van der Waals surface area contributed by atoms with E-state index in [1.54, 1.807) is 0 Å². The van der Waals surface area contributed by atoms with Crippen LogP contribution < -0.4 is 5.32 Å². The van der Waals surface area contributed by atoms with Crippen molar-refractivity contribution >= 4 is 23.2 Å². The number of para-hydroxylation sites is 1. The molecule has 19 heavy (non-hydrogen) atoms. The number of carbonyl (C=O) groups excluding carboxylic acids is 1.